The van der Waals surface area contributed by atoms with E-state index < -0.39 is 0 Å². The van der Waals surface area contributed by atoms with E-state index in [4.69, 9.17) is 5.26 Å². The highest BCUT2D eigenvalue weighted by Crippen LogP contribution is 2.20. The molecule has 3 heteroatoms. The highest BCUT2D eigenvalue weighted by atomic mass is 15.0. The van der Waals surface area contributed by atoms with Gasteiger partial charge in [0.25, 0.3) is 0 Å². The number of rotatable bonds is 3. The Morgan fingerprint density at radius 1 is 1.28 bits per heavy atom. The Labute approximate surface area is 107 Å². The van der Waals surface area contributed by atoms with E-state index in [2.05, 4.69) is 35.4 Å². The zero-order chi connectivity index (χ0) is 13.0. The van der Waals surface area contributed by atoms with Crippen LogP contribution < -0.4 is 5.32 Å². The molecule has 0 aliphatic rings. The molecule has 1 heterocycles. The standard InChI is InChI=1S/C15H15N3/c1-11-8-14(9-16)15(17-10-11)18-12(2)13-6-4-3-5-7-13/h3-8,10,12H,1-2H3,(H,17,18)/t12-/m0/s1. The molecule has 1 aromatic heterocycles. The van der Waals surface area contributed by atoms with Crippen LogP contribution in [0.2, 0.25) is 0 Å². The minimum atomic E-state index is 0.119. The van der Waals surface area contributed by atoms with Gasteiger partial charge in [0.2, 0.25) is 0 Å². The van der Waals surface area contributed by atoms with Crippen LogP contribution in [0.25, 0.3) is 0 Å². The number of pyridine rings is 1. The Hall–Kier alpha value is -2.34. The van der Waals surface area contributed by atoms with E-state index in [1.807, 2.05) is 31.2 Å². The molecule has 1 N–H and O–H groups in total. The van der Waals surface area contributed by atoms with Gasteiger partial charge in [-0.25, -0.2) is 4.98 Å². The van der Waals surface area contributed by atoms with Gasteiger partial charge in [-0.2, -0.15) is 5.26 Å². The largest absolute Gasteiger partial charge is 0.362 e. The number of hydrogen-bond donors (Lipinski definition) is 1. The van der Waals surface area contributed by atoms with E-state index in [1.54, 1.807) is 6.20 Å². The van der Waals surface area contributed by atoms with Crippen LogP contribution in [0.1, 0.15) is 29.7 Å². The Balaban J connectivity index is 2.22. The van der Waals surface area contributed by atoms with Crippen LogP contribution in [0.5, 0.6) is 0 Å². The fourth-order valence-electron chi connectivity index (χ4n) is 1.80. The van der Waals surface area contributed by atoms with Crippen molar-refractivity contribution in [3.8, 4) is 6.07 Å². The maximum atomic E-state index is 9.10. The molecule has 0 fully saturated rings. The molecule has 2 aromatic rings. The van der Waals surface area contributed by atoms with Crippen molar-refractivity contribution >= 4 is 5.82 Å². The molecule has 0 aliphatic heterocycles. The van der Waals surface area contributed by atoms with Crippen molar-refractivity contribution in [3.05, 3.63) is 59.3 Å². The molecule has 0 spiro atoms. The number of nitrogens with one attached hydrogen (secondary N) is 1. The van der Waals surface area contributed by atoms with Crippen molar-refractivity contribution in [1.82, 2.24) is 4.98 Å². The minimum absolute atomic E-state index is 0.119. The molecule has 1 aromatic carbocycles. The second-order valence-corrected chi connectivity index (χ2v) is 4.30. The quantitative estimate of drug-likeness (QED) is 0.889. The van der Waals surface area contributed by atoms with Crippen LogP contribution >= 0.6 is 0 Å². The number of aromatic nitrogens is 1. The molecule has 2 rings (SSSR count). The van der Waals surface area contributed by atoms with E-state index in [-0.39, 0.29) is 6.04 Å². The third kappa shape index (κ3) is 2.67. The average molecular weight is 237 g/mol. The number of hydrogen-bond acceptors (Lipinski definition) is 3. The van der Waals surface area contributed by atoms with Gasteiger partial charge >= 0.3 is 0 Å². The van der Waals surface area contributed by atoms with E-state index in [1.165, 1.54) is 5.56 Å². The van der Waals surface area contributed by atoms with Gasteiger partial charge < -0.3 is 5.32 Å². The van der Waals surface area contributed by atoms with Crippen LogP contribution in [0.15, 0.2) is 42.6 Å². The van der Waals surface area contributed by atoms with Crippen LogP contribution in [-0.2, 0) is 0 Å². The SMILES string of the molecule is Cc1cnc(N[C@@H](C)c2ccccc2)c(C#N)c1. The molecule has 0 radical (unpaired) electrons. The first-order valence-corrected chi connectivity index (χ1v) is 5.89. The van der Waals surface area contributed by atoms with Gasteiger partial charge in [-0.15, -0.1) is 0 Å². The summed E-state index contributed by atoms with van der Waals surface area (Å²) in [5.74, 6) is 0.638. The number of benzene rings is 1. The molecule has 0 bridgehead atoms. The van der Waals surface area contributed by atoms with Crippen molar-refractivity contribution in [3.63, 3.8) is 0 Å². The predicted octanol–water partition coefficient (Wildman–Crippen LogP) is 3.43. The van der Waals surface area contributed by atoms with Crippen LogP contribution in [0, 0.1) is 18.3 Å². The zero-order valence-electron chi connectivity index (χ0n) is 10.5. The Bertz CT molecular complexity index is 570. The lowest BCUT2D eigenvalue weighted by Crippen LogP contribution is -2.09. The molecule has 3 nitrogen and oxygen atoms in total. The normalized spacial score (nSPS) is 11.6. The summed E-state index contributed by atoms with van der Waals surface area (Å²) in [4.78, 5) is 4.28. The Kier molecular flexibility index (Phi) is 3.59. The molecular formula is C15H15N3. The van der Waals surface area contributed by atoms with Gasteiger partial charge in [-0.3, -0.25) is 0 Å². The van der Waals surface area contributed by atoms with Crippen molar-refractivity contribution < 1.29 is 0 Å². The van der Waals surface area contributed by atoms with Crippen LogP contribution in [0.4, 0.5) is 5.82 Å². The molecule has 0 unspecified atom stereocenters. The van der Waals surface area contributed by atoms with Crippen molar-refractivity contribution in [2.24, 2.45) is 0 Å². The smallest absolute Gasteiger partial charge is 0.144 e. The molecule has 0 saturated heterocycles. The van der Waals surface area contributed by atoms with Gasteiger partial charge in [0.15, 0.2) is 0 Å². The summed E-state index contributed by atoms with van der Waals surface area (Å²) in [7, 11) is 0. The van der Waals surface area contributed by atoms with Crippen molar-refractivity contribution in [2.75, 3.05) is 5.32 Å². The Morgan fingerprint density at radius 3 is 2.67 bits per heavy atom. The molecule has 0 amide bonds. The van der Waals surface area contributed by atoms with Crippen molar-refractivity contribution in [2.45, 2.75) is 19.9 Å². The van der Waals surface area contributed by atoms with Crippen molar-refractivity contribution in [1.29, 1.82) is 5.26 Å². The first-order chi connectivity index (χ1) is 8.70. The summed E-state index contributed by atoms with van der Waals surface area (Å²) in [6.07, 6.45) is 1.76. The fourth-order valence-corrected chi connectivity index (χ4v) is 1.80. The van der Waals surface area contributed by atoms with Crippen LogP contribution in [0.3, 0.4) is 0 Å². The van der Waals surface area contributed by atoms with Gasteiger partial charge in [-0.1, -0.05) is 30.3 Å². The summed E-state index contributed by atoms with van der Waals surface area (Å²) in [5.41, 5.74) is 2.74. The van der Waals surface area contributed by atoms with Gasteiger partial charge in [0.1, 0.15) is 11.9 Å². The van der Waals surface area contributed by atoms with Gasteiger partial charge in [0, 0.05) is 12.2 Å². The maximum Gasteiger partial charge on any atom is 0.144 e. The lowest BCUT2D eigenvalue weighted by Gasteiger charge is -2.15. The first kappa shape index (κ1) is 12.1. The van der Waals surface area contributed by atoms with Gasteiger partial charge in [0.05, 0.1) is 5.56 Å². The second kappa shape index (κ2) is 5.33. The first-order valence-electron chi connectivity index (χ1n) is 5.89. The summed E-state index contributed by atoms with van der Waals surface area (Å²) >= 11 is 0. The summed E-state index contributed by atoms with van der Waals surface area (Å²) < 4.78 is 0. The molecule has 90 valence electrons. The molecule has 0 aliphatic carbocycles. The Morgan fingerprint density at radius 2 is 2.00 bits per heavy atom. The lowest BCUT2D eigenvalue weighted by molar-refractivity contribution is 0.873. The highest BCUT2D eigenvalue weighted by Gasteiger charge is 2.09. The van der Waals surface area contributed by atoms with Gasteiger partial charge in [-0.05, 0) is 31.0 Å². The average Bonchev–Trinajstić information content (AvgIpc) is 2.41. The zero-order valence-corrected chi connectivity index (χ0v) is 10.5. The predicted molar refractivity (Wildman–Crippen MR) is 72.2 cm³/mol. The maximum absolute atomic E-state index is 9.10. The third-order valence-electron chi connectivity index (χ3n) is 2.80. The summed E-state index contributed by atoms with van der Waals surface area (Å²) in [6, 6.07) is 14.2. The monoisotopic (exact) mass is 237 g/mol. The van der Waals surface area contributed by atoms with E-state index in [0.717, 1.165) is 5.56 Å². The fraction of sp³-hybridized carbons (Fsp3) is 0.200. The number of aryl methyl sites for hydroxylation is 1. The lowest BCUT2D eigenvalue weighted by atomic mass is 10.1. The number of nitrogens with zero attached hydrogens (tertiary/aromatic N) is 2. The van der Waals surface area contributed by atoms with E-state index in [9.17, 15) is 0 Å². The van der Waals surface area contributed by atoms with E-state index >= 15 is 0 Å². The number of nitriles is 1. The minimum Gasteiger partial charge on any atom is -0.362 e. The molecule has 0 saturated carbocycles. The van der Waals surface area contributed by atoms with Crippen LogP contribution in [-0.4, -0.2) is 4.98 Å². The number of anilines is 1. The molecule has 18 heavy (non-hydrogen) atoms. The third-order valence-corrected chi connectivity index (χ3v) is 2.80. The summed E-state index contributed by atoms with van der Waals surface area (Å²) in [5, 5.41) is 12.4. The van der Waals surface area contributed by atoms with E-state index in [0.29, 0.717) is 11.4 Å². The summed E-state index contributed by atoms with van der Waals surface area (Å²) in [6.45, 7) is 3.98. The molecule has 1 atom stereocenters. The second-order valence-electron chi connectivity index (χ2n) is 4.30. The topological polar surface area (TPSA) is 48.7 Å². The highest BCUT2D eigenvalue weighted by molar-refractivity contribution is 5.53. The molecular weight excluding hydrogens is 222 g/mol.